The first kappa shape index (κ1) is 22.3. The molecule has 5 nitrogen and oxygen atoms in total. The van der Waals surface area contributed by atoms with Crippen LogP contribution in [-0.4, -0.2) is 29.6 Å². The molecule has 4 atom stereocenters. The summed E-state index contributed by atoms with van der Waals surface area (Å²) in [5.74, 6) is -1.60. The van der Waals surface area contributed by atoms with Gasteiger partial charge in [0.25, 0.3) is 0 Å². The quantitative estimate of drug-likeness (QED) is 0.430. The number of nitrogens with zero attached hydrogens (tertiary/aromatic N) is 1. The van der Waals surface area contributed by atoms with Gasteiger partial charge in [-0.1, -0.05) is 70.0 Å². The summed E-state index contributed by atoms with van der Waals surface area (Å²) in [5, 5.41) is 3.59. The van der Waals surface area contributed by atoms with Crippen LogP contribution in [0.15, 0.2) is 77.3 Å². The Morgan fingerprint density at radius 1 is 1.06 bits per heavy atom. The SMILES string of the molecule is CC(=O)[C@@H]1[C@H](C(=O)c2ccc(Br)cc2)[C@@]2(C(=O)Nc3ccccc32)C2C=Cc3cc(Cl)ccc3N21. The fourth-order valence-corrected chi connectivity index (χ4v) is 6.54. The molecule has 3 aliphatic heterocycles. The number of hydrogen-bond acceptors (Lipinski definition) is 4. The van der Waals surface area contributed by atoms with E-state index >= 15 is 0 Å². The fraction of sp³-hybridized carbons (Fsp3) is 0.179. The van der Waals surface area contributed by atoms with Gasteiger partial charge in [0, 0.05) is 26.4 Å². The highest BCUT2D eigenvalue weighted by atomic mass is 79.9. The van der Waals surface area contributed by atoms with Gasteiger partial charge in [-0.2, -0.15) is 0 Å². The van der Waals surface area contributed by atoms with Gasteiger partial charge in [-0.05, 0) is 54.4 Å². The molecule has 0 radical (unpaired) electrons. The van der Waals surface area contributed by atoms with Gasteiger partial charge in [-0.15, -0.1) is 0 Å². The number of carbonyl (C=O) groups is 3. The third kappa shape index (κ3) is 3.03. The molecule has 0 aromatic heterocycles. The van der Waals surface area contributed by atoms with Gasteiger partial charge in [-0.3, -0.25) is 14.4 Å². The Hall–Kier alpha value is -3.22. The predicted octanol–water partition coefficient (Wildman–Crippen LogP) is 5.66. The first-order valence-corrected chi connectivity index (χ1v) is 12.5. The fourth-order valence-electron chi connectivity index (χ4n) is 6.10. The number of Topliss-reactive ketones (excluding diaryl/α,β-unsaturated/α-hetero) is 2. The minimum Gasteiger partial charge on any atom is -0.352 e. The third-order valence-electron chi connectivity index (χ3n) is 7.42. The van der Waals surface area contributed by atoms with Gasteiger partial charge in [0.15, 0.2) is 11.6 Å². The number of amides is 1. The molecule has 3 aromatic carbocycles. The lowest BCUT2D eigenvalue weighted by molar-refractivity contribution is -0.122. The van der Waals surface area contributed by atoms with Crippen LogP contribution in [0.3, 0.4) is 0 Å². The molecule has 3 aromatic rings. The number of benzene rings is 3. The second-order valence-corrected chi connectivity index (χ2v) is 10.5. The largest absolute Gasteiger partial charge is 0.352 e. The maximum Gasteiger partial charge on any atom is 0.238 e. The van der Waals surface area contributed by atoms with Crippen molar-refractivity contribution in [3.63, 3.8) is 0 Å². The van der Waals surface area contributed by atoms with E-state index in [4.69, 9.17) is 11.6 Å². The molecule has 0 aliphatic carbocycles. The summed E-state index contributed by atoms with van der Waals surface area (Å²) in [6.07, 6.45) is 3.87. The van der Waals surface area contributed by atoms with Crippen molar-refractivity contribution in [3.05, 3.63) is 99.0 Å². The van der Waals surface area contributed by atoms with Crippen LogP contribution in [0, 0.1) is 5.92 Å². The molecule has 1 saturated heterocycles. The van der Waals surface area contributed by atoms with Crippen molar-refractivity contribution in [2.45, 2.75) is 24.4 Å². The Labute approximate surface area is 215 Å². The zero-order valence-electron chi connectivity index (χ0n) is 18.7. The topological polar surface area (TPSA) is 66.5 Å². The minimum atomic E-state index is -1.27. The predicted molar refractivity (Wildman–Crippen MR) is 140 cm³/mol. The van der Waals surface area contributed by atoms with E-state index < -0.39 is 23.4 Å². The highest BCUT2D eigenvalue weighted by Gasteiger charge is 2.69. The maximum atomic E-state index is 14.3. The van der Waals surface area contributed by atoms with E-state index in [-0.39, 0.29) is 17.5 Å². The summed E-state index contributed by atoms with van der Waals surface area (Å²) in [6, 6.07) is 18.6. The second-order valence-electron chi connectivity index (χ2n) is 9.19. The van der Waals surface area contributed by atoms with Gasteiger partial charge in [0.05, 0.1) is 18.0 Å². The van der Waals surface area contributed by atoms with E-state index in [1.807, 2.05) is 53.5 Å². The molecule has 174 valence electrons. The average Bonchev–Trinajstić information content (AvgIpc) is 3.32. The number of hydrogen-bond donors (Lipinski definition) is 1. The number of halogens is 2. The summed E-state index contributed by atoms with van der Waals surface area (Å²) in [4.78, 5) is 43.6. The van der Waals surface area contributed by atoms with Crippen molar-refractivity contribution in [1.82, 2.24) is 0 Å². The zero-order valence-corrected chi connectivity index (χ0v) is 21.0. The van der Waals surface area contributed by atoms with Crippen molar-refractivity contribution in [2.75, 3.05) is 10.2 Å². The molecule has 35 heavy (non-hydrogen) atoms. The molecule has 7 heteroatoms. The lowest BCUT2D eigenvalue weighted by Crippen LogP contribution is -2.51. The van der Waals surface area contributed by atoms with Crippen molar-refractivity contribution in [2.24, 2.45) is 5.92 Å². The highest BCUT2D eigenvalue weighted by Crippen LogP contribution is 2.57. The van der Waals surface area contributed by atoms with Crippen molar-refractivity contribution < 1.29 is 14.4 Å². The molecule has 1 N–H and O–H groups in total. The molecule has 0 saturated carbocycles. The second kappa shape index (κ2) is 7.90. The molecule has 1 spiro atoms. The standard InChI is InChI=1S/C28H20BrClN2O3/c1-15(33)25-24(26(34)16-6-9-18(29)10-7-16)28(20-4-2-3-5-21(20)31-27(28)35)23-13-8-17-14-19(30)11-12-22(17)32(23)25/h2-14,23-25H,1H3,(H,31,35)/t23?,24-,25-,28+/m1/s1. The van der Waals surface area contributed by atoms with Crippen LogP contribution in [0.5, 0.6) is 0 Å². The van der Waals surface area contributed by atoms with Crippen LogP contribution in [0.25, 0.3) is 6.08 Å². The zero-order chi connectivity index (χ0) is 24.5. The molecule has 0 bridgehead atoms. The third-order valence-corrected chi connectivity index (χ3v) is 8.19. The van der Waals surface area contributed by atoms with Crippen LogP contribution < -0.4 is 10.2 Å². The number of rotatable bonds is 3. The van der Waals surface area contributed by atoms with Gasteiger partial charge in [0.2, 0.25) is 5.91 Å². The average molecular weight is 548 g/mol. The van der Waals surface area contributed by atoms with Crippen LogP contribution >= 0.6 is 27.5 Å². The Kier molecular flexibility index (Phi) is 5.02. The Morgan fingerprint density at radius 2 is 1.80 bits per heavy atom. The summed E-state index contributed by atoms with van der Waals surface area (Å²) < 4.78 is 0.841. The molecule has 1 unspecified atom stereocenters. The van der Waals surface area contributed by atoms with Crippen LogP contribution in [0.2, 0.25) is 5.02 Å². The molecule has 6 rings (SSSR count). The molecular formula is C28H20BrClN2O3. The van der Waals surface area contributed by atoms with Crippen LogP contribution in [-0.2, 0) is 15.0 Å². The lowest BCUT2D eigenvalue weighted by Gasteiger charge is -2.37. The van der Waals surface area contributed by atoms with E-state index in [0.29, 0.717) is 16.3 Å². The minimum absolute atomic E-state index is 0.171. The van der Waals surface area contributed by atoms with Gasteiger partial charge in [-0.25, -0.2) is 0 Å². The Balaban J connectivity index is 1.65. The first-order chi connectivity index (χ1) is 16.8. The Morgan fingerprint density at radius 3 is 2.54 bits per heavy atom. The lowest BCUT2D eigenvalue weighted by atomic mass is 9.64. The van der Waals surface area contributed by atoms with Crippen LogP contribution in [0.1, 0.15) is 28.4 Å². The van der Waals surface area contributed by atoms with Crippen LogP contribution in [0.4, 0.5) is 11.4 Å². The molecule has 1 fully saturated rings. The monoisotopic (exact) mass is 546 g/mol. The number of carbonyl (C=O) groups excluding carboxylic acids is 3. The smallest absolute Gasteiger partial charge is 0.238 e. The molecule has 3 aliphatic rings. The molecular weight excluding hydrogens is 528 g/mol. The van der Waals surface area contributed by atoms with Crippen molar-refractivity contribution in [3.8, 4) is 0 Å². The number of para-hydroxylation sites is 1. The highest BCUT2D eigenvalue weighted by molar-refractivity contribution is 9.10. The summed E-state index contributed by atoms with van der Waals surface area (Å²) in [7, 11) is 0. The van der Waals surface area contributed by atoms with Gasteiger partial charge >= 0.3 is 0 Å². The van der Waals surface area contributed by atoms with Crippen molar-refractivity contribution in [1.29, 1.82) is 0 Å². The van der Waals surface area contributed by atoms with Gasteiger partial charge in [0.1, 0.15) is 5.41 Å². The van der Waals surface area contributed by atoms with E-state index in [9.17, 15) is 14.4 Å². The Bertz CT molecular complexity index is 1450. The van der Waals surface area contributed by atoms with E-state index in [0.717, 1.165) is 21.3 Å². The number of anilines is 2. The summed E-state index contributed by atoms with van der Waals surface area (Å²) in [6.45, 7) is 1.50. The number of ketones is 2. The first-order valence-electron chi connectivity index (χ1n) is 11.3. The van der Waals surface area contributed by atoms with Crippen molar-refractivity contribution >= 4 is 62.5 Å². The van der Waals surface area contributed by atoms with Gasteiger partial charge < -0.3 is 10.2 Å². The molecule has 1 amide bonds. The summed E-state index contributed by atoms with van der Waals surface area (Å²) >= 11 is 9.68. The van der Waals surface area contributed by atoms with E-state index in [2.05, 4.69) is 21.2 Å². The van der Waals surface area contributed by atoms with E-state index in [1.165, 1.54) is 6.92 Å². The maximum absolute atomic E-state index is 14.3. The van der Waals surface area contributed by atoms with E-state index in [1.54, 1.807) is 30.3 Å². The molecule has 3 heterocycles. The number of fused-ring (bicyclic) bond motifs is 6. The number of nitrogens with one attached hydrogen (secondary N) is 1. The summed E-state index contributed by atoms with van der Waals surface area (Å²) in [5.41, 5.74) is 2.22. The normalized spacial score (nSPS) is 25.7.